The first kappa shape index (κ1) is 12.8. The molecule has 2 rings (SSSR count). The van der Waals surface area contributed by atoms with Crippen LogP contribution in [0, 0.1) is 11.2 Å². The highest BCUT2D eigenvalue weighted by Gasteiger charge is 2.27. The highest BCUT2D eigenvalue weighted by Crippen LogP contribution is 2.21. The number of nitrogens with one attached hydrogen (secondary N) is 3. The molecule has 0 spiro atoms. The zero-order valence-corrected chi connectivity index (χ0v) is 10.2. The fourth-order valence-corrected chi connectivity index (χ4v) is 2.55. The number of anilines is 1. The van der Waals surface area contributed by atoms with Crippen LogP contribution in [0.15, 0.2) is 18.2 Å². The summed E-state index contributed by atoms with van der Waals surface area (Å²) in [7, 11) is -3.75. The van der Waals surface area contributed by atoms with Crippen LogP contribution in [0.1, 0.15) is 18.4 Å². The summed E-state index contributed by atoms with van der Waals surface area (Å²) in [5.41, 5.74) is 5.23. The molecule has 98 valence electrons. The first-order valence-electron chi connectivity index (χ1n) is 5.31. The minimum Gasteiger partial charge on any atom is -0.384 e. The molecule has 18 heavy (non-hydrogen) atoms. The van der Waals surface area contributed by atoms with Crippen LogP contribution in [-0.4, -0.2) is 20.3 Å². The van der Waals surface area contributed by atoms with Crippen molar-refractivity contribution in [1.29, 1.82) is 5.41 Å². The van der Waals surface area contributed by atoms with Gasteiger partial charge in [-0.3, -0.25) is 10.1 Å². The van der Waals surface area contributed by atoms with Crippen LogP contribution >= 0.6 is 0 Å². The molecular formula is C10H13FN4O2S. The fraction of sp³-hybridized carbons (Fsp3) is 0.300. The second-order valence-electron chi connectivity index (χ2n) is 4.11. The van der Waals surface area contributed by atoms with Crippen LogP contribution in [0.2, 0.25) is 0 Å². The summed E-state index contributed by atoms with van der Waals surface area (Å²) in [6.45, 7) is 0. The van der Waals surface area contributed by atoms with E-state index in [4.69, 9.17) is 11.1 Å². The predicted molar refractivity (Wildman–Crippen MR) is 66.1 cm³/mol. The Kier molecular flexibility index (Phi) is 3.22. The lowest BCUT2D eigenvalue weighted by Crippen LogP contribution is -2.32. The summed E-state index contributed by atoms with van der Waals surface area (Å²) in [4.78, 5) is 0. The lowest BCUT2D eigenvalue weighted by Gasteiger charge is -2.10. The van der Waals surface area contributed by atoms with Gasteiger partial charge in [-0.25, -0.2) is 4.39 Å². The van der Waals surface area contributed by atoms with Gasteiger partial charge in [0.1, 0.15) is 11.7 Å². The molecule has 0 heterocycles. The average Bonchev–Trinajstić information content (AvgIpc) is 3.03. The molecule has 1 aliphatic carbocycles. The summed E-state index contributed by atoms with van der Waals surface area (Å²) in [5.74, 6) is -1.05. The van der Waals surface area contributed by atoms with Crippen molar-refractivity contribution in [3.05, 3.63) is 29.6 Å². The zero-order chi connectivity index (χ0) is 13.3. The molecule has 0 bridgehead atoms. The van der Waals surface area contributed by atoms with Crippen LogP contribution in [0.25, 0.3) is 0 Å². The van der Waals surface area contributed by atoms with E-state index >= 15 is 0 Å². The van der Waals surface area contributed by atoms with Crippen molar-refractivity contribution in [3.63, 3.8) is 0 Å². The normalized spacial score (nSPS) is 15.4. The molecule has 1 aliphatic rings. The Balaban J connectivity index is 2.16. The highest BCUT2D eigenvalue weighted by atomic mass is 32.2. The Hall–Kier alpha value is -1.67. The Morgan fingerprint density at radius 3 is 2.61 bits per heavy atom. The summed E-state index contributed by atoms with van der Waals surface area (Å²) >= 11 is 0. The van der Waals surface area contributed by atoms with Crippen molar-refractivity contribution in [2.75, 3.05) is 4.72 Å². The number of benzene rings is 1. The van der Waals surface area contributed by atoms with Gasteiger partial charge in [0, 0.05) is 11.6 Å². The Morgan fingerprint density at radius 2 is 2.11 bits per heavy atom. The van der Waals surface area contributed by atoms with E-state index in [0.717, 1.165) is 18.9 Å². The smallest absolute Gasteiger partial charge is 0.299 e. The van der Waals surface area contributed by atoms with Crippen LogP contribution in [0.5, 0.6) is 0 Å². The van der Waals surface area contributed by atoms with Gasteiger partial charge in [0.2, 0.25) is 0 Å². The summed E-state index contributed by atoms with van der Waals surface area (Å²) in [5, 5.41) is 7.14. The summed E-state index contributed by atoms with van der Waals surface area (Å²) in [6.07, 6.45) is 1.60. The minimum absolute atomic E-state index is 0.0537. The van der Waals surface area contributed by atoms with Gasteiger partial charge < -0.3 is 5.73 Å². The number of nitrogen functional groups attached to an aromatic ring is 1. The molecular weight excluding hydrogens is 259 g/mol. The van der Waals surface area contributed by atoms with E-state index in [-0.39, 0.29) is 23.1 Å². The predicted octanol–water partition coefficient (Wildman–Crippen LogP) is 0.518. The van der Waals surface area contributed by atoms with Crippen LogP contribution in [0.4, 0.5) is 10.1 Å². The molecule has 8 heteroatoms. The second kappa shape index (κ2) is 4.54. The molecule has 1 aromatic carbocycles. The van der Waals surface area contributed by atoms with E-state index < -0.39 is 16.0 Å². The van der Waals surface area contributed by atoms with E-state index in [2.05, 4.69) is 9.44 Å². The SMILES string of the molecule is N=C(N)c1ccc(NS(=O)(=O)NC2CC2)c(F)c1. The van der Waals surface area contributed by atoms with Crippen molar-refractivity contribution >= 4 is 21.7 Å². The molecule has 1 aromatic rings. The van der Waals surface area contributed by atoms with Gasteiger partial charge in [0.15, 0.2) is 0 Å². The Morgan fingerprint density at radius 1 is 1.44 bits per heavy atom. The maximum Gasteiger partial charge on any atom is 0.299 e. The van der Waals surface area contributed by atoms with Crippen molar-refractivity contribution in [3.8, 4) is 0 Å². The van der Waals surface area contributed by atoms with E-state index in [9.17, 15) is 12.8 Å². The number of amidine groups is 1. The average molecular weight is 272 g/mol. The topological polar surface area (TPSA) is 108 Å². The molecule has 0 amide bonds. The van der Waals surface area contributed by atoms with Crippen molar-refractivity contribution in [2.45, 2.75) is 18.9 Å². The molecule has 0 aliphatic heterocycles. The zero-order valence-electron chi connectivity index (χ0n) is 9.40. The first-order chi connectivity index (χ1) is 8.37. The Bertz CT molecular complexity index is 584. The van der Waals surface area contributed by atoms with Crippen LogP contribution < -0.4 is 15.2 Å². The molecule has 1 saturated carbocycles. The van der Waals surface area contributed by atoms with Crippen molar-refractivity contribution in [1.82, 2.24) is 4.72 Å². The molecule has 0 saturated heterocycles. The molecule has 1 fully saturated rings. The molecule has 0 aromatic heterocycles. The third-order valence-corrected chi connectivity index (χ3v) is 3.56. The third kappa shape index (κ3) is 3.17. The molecule has 0 unspecified atom stereocenters. The van der Waals surface area contributed by atoms with E-state index in [1.165, 1.54) is 12.1 Å². The number of hydrogen-bond acceptors (Lipinski definition) is 3. The number of rotatable bonds is 5. The van der Waals surface area contributed by atoms with E-state index in [1.54, 1.807) is 0 Å². The minimum atomic E-state index is -3.75. The largest absolute Gasteiger partial charge is 0.384 e. The van der Waals surface area contributed by atoms with Gasteiger partial charge in [-0.1, -0.05) is 0 Å². The second-order valence-corrected chi connectivity index (χ2v) is 5.55. The maximum atomic E-state index is 13.6. The highest BCUT2D eigenvalue weighted by molar-refractivity contribution is 7.90. The summed E-state index contributed by atoms with van der Waals surface area (Å²) < 4.78 is 41.2. The van der Waals surface area contributed by atoms with Crippen molar-refractivity contribution < 1.29 is 12.8 Å². The number of hydrogen-bond donors (Lipinski definition) is 4. The van der Waals surface area contributed by atoms with Gasteiger partial charge in [0.05, 0.1) is 5.69 Å². The van der Waals surface area contributed by atoms with Crippen LogP contribution in [-0.2, 0) is 10.2 Å². The van der Waals surface area contributed by atoms with Gasteiger partial charge in [-0.05, 0) is 31.0 Å². The van der Waals surface area contributed by atoms with Crippen molar-refractivity contribution in [2.24, 2.45) is 5.73 Å². The van der Waals surface area contributed by atoms with E-state index in [1.807, 2.05) is 0 Å². The molecule has 0 radical (unpaired) electrons. The van der Waals surface area contributed by atoms with Gasteiger partial charge in [-0.15, -0.1) is 0 Å². The fourth-order valence-electron chi connectivity index (χ4n) is 1.36. The number of halogens is 1. The quantitative estimate of drug-likeness (QED) is 0.463. The van der Waals surface area contributed by atoms with Gasteiger partial charge in [-0.2, -0.15) is 13.1 Å². The summed E-state index contributed by atoms with van der Waals surface area (Å²) in [6, 6.07) is 3.57. The maximum absolute atomic E-state index is 13.6. The lowest BCUT2D eigenvalue weighted by atomic mass is 10.2. The lowest BCUT2D eigenvalue weighted by molar-refractivity contribution is 0.584. The molecule has 0 atom stereocenters. The van der Waals surface area contributed by atoms with E-state index in [0.29, 0.717) is 0 Å². The Labute approximate surface area is 104 Å². The third-order valence-electron chi connectivity index (χ3n) is 2.42. The van der Waals surface area contributed by atoms with Gasteiger partial charge >= 0.3 is 0 Å². The number of nitrogens with two attached hydrogens (primary N) is 1. The molecule has 6 nitrogen and oxygen atoms in total. The molecule has 5 N–H and O–H groups in total. The first-order valence-corrected chi connectivity index (χ1v) is 6.80. The van der Waals surface area contributed by atoms with Crippen LogP contribution in [0.3, 0.4) is 0 Å². The van der Waals surface area contributed by atoms with Gasteiger partial charge in [0.25, 0.3) is 10.2 Å². The monoisotopic (exact) mass is 272 g/mol. The standard InChI is InChI=1S/C10H13FN4O2S/c11-8-5-6(10(12)13)1-4-9(8)15-18(16,17)14-7-2-3-7/h1,4-5,7,14-15H,2-3H2,(H3,12,13).